The summed E-state index contributed by atoms with van der Waals surface area (Å²) in [6.07, 6.45) is 2.70. The maximum absolute atomic E-state index is 9.39. The van der Waals surface area contributed by atoms with Gasteiger partial charge in [0.2, 0.25) is 0 Å². The minimum absolute atomic E-state index is 0.278. The number of nitrogens with zero attached hydrogens (tertiary/aromatic N) is 3. The summed E-state index contributed by atoms with van der Waals surface area (Å²) in [5.74, 6) is 1.13. The van der Waals surface area contributed by atoms with Crippen LogP contribution in [0.1, 0.15) is 5.56 Å². The van der Waals surface area contributed by atoms with Gasteiger partial charge in [-0.25, -0.2) is 0 Å². The van der Waals surface area contributed by atoms with Crippen molar-refractivity contribution in [1.82, 2.24) is 14.8 Å². The summed E-state index contributed by atoms with van der Waals surface area (Å²) in [5, 5.41) is 17.3. The summed E-state index contributed by atoms with van der Waals surface area (Å²) in [4.78, 5) is 0. The number of fused-ring (bicyclic) bond motifs is 3. The van der Waals surface area contributed by atoms with Crippen LogP contribution in [0.25, 0.3) is 11.4 Å². The van der Waals surface area contributed by atoms with E-state index in [1.807, 2.05) is 10.6 Å². The highest BCUT2D eigenvalue weighted by Crippen LogP contribution is 2.29. The van der Waals surface area contributed by atoms with Crippen LogP contribution < -0.4 is 0 Å². The number of phenolic OH excluding ortho intramolecular Hbond substituents is 1. The summed E-state index contributed by atoms with van der Waals surface area (Å²) in [6, 6.07) is 5.41. The first-order valence-corrected chi connectivity index (χ1v) is 4.55. The van der Waals surface area contributed by atoms with Crippen LogP contribution in [0.5, 0.6) is 5.75 Å². The molecule has 0 bridgehead atoms. The summed E-state index contributed by atoms with van der Waals surface area (Å²) in [6.45, 7) is 0.917. The molecule has 0 aliphatic carbocycles. The molecule has 70 valence electrons. The van der Waals surface area contributed by atoms with E-state index in [-0.39, 0.29) is 5.75 Å². The second-order valence-electron chi connectivity index (χ2n) is 3.44. The highest BCUT2D eigenvalue weighted by molar-refractivity contribution is 5.64. The Morgan fingerprint density at radius 2 is 2.29 bits per heavy atom. The van der Waals surface area contributed by atoms with E-state index < -0.39 is 0 Å². The third kappa shape index (κ3) is 0.937. The quantitative estimate of drug-likeness (QED) is 0.674. The van der Waals surface area contributed by atoms with E-state index in [0.29, 0.717) is 0 Å². The van der Waals surface area contributed by atoms with Gasteiger partial charge in [0.05, 0.1) is 0 Å². The number of hydrogen-bond acceptors (Lipinski definition) is 3. The first-order chi connectivity index (χ1) is 6.84. The maximum Gasteiger partial charge on any atom is 0.164 e. The van der Waals surface area contributed by atoms with Gasteiger partial charge in [0.25, 0.3) is 0 Å². The van der Waals surface area contributed by atoms with E-state index in [9.17, 15) is 5.11 Å². The van der Waals surface area contributed by atoms with Crippen molar-refractivity contribution in [3.05, 3.63) is 30.1 Å². The van der Waals surface area contributed by atoms with Crippen molar-refractivity contribution < 1.29 is 5.11 Å². The third-order valence-corrected chi connectivity index (χ3v) is 2.57. The Kier molecular flexibility index (Phi) is 1.39. The minimum atomic E-state index is 0.278. The van der Waals surface area contributed by atoms with Gasteiger partial charge in [-0.2, -0.15) is 0 Å². The fourth-order valence-electron chi connectivity index (χ4n) is 1.86. The van der Waals surface area contributed by atoms with Crippen LogP contribution in [0.2, 0.25) is 0 Å². The molecule has 4 nitrogen and oxygen atoms in total. The van der Waals surface area contributed by atoms with Crippen molar-refractivity contribution in [2.24, 2.45) is 0 Å². The summed E-state index contributed by atoms with van der Waals surface area (Å²) >= 11 is 0. The molecular weight excluding hydrogens is 178 g/mol. The molecule has 2 aromatic rings. The highest BCUT2D eigenvalue weighted by atomic mass is 16.3. The topological polar surface area (TPSA) is 50.9 Å². The Morgan fingerprint density at radius 3 is 3.21 bits per heavy atom. The molecule has 0 saturated heterocycles. The SMILES string of the molecule is Oc1ccc2c(c1)-c1nncn1CC2. The molecule has 0 saturated carbocycles. The average molecular weight is 187 g/mol. The largest absolute Gasteiger partial charge is 0.508 e. The first-order valence-electron chi connectivity index (χ1n) is 4.55. The van der Waals surface area contributed by atoms with Gasteiger partial charge in [-0.1, -0.05) is 6.07 Å². The van der Waals surface area contributed by atoms with Gasteiger partial charge in [-0.3, -0.25) is 0 Å². The lowest BCUT2D eigenvalue weighted by Crippen LogP contribution is -2.09. The Hall–Kier alpha value is -1.84. The van der Waals surface area contributed by atoms with Gasteiger partial charge in [0.15, 0.2) is 5.82 Å². The lowest BCUT2D eigenvalue weighted by molar-refractivity contribution is 0.475. The molecule has 1 aromatic heterocycles. The van der Waals surface area contributed by atoms with E-state index in [2.05, 4.69) is 10.2 Å². The van der Waals surface area contributed by atoms with E-state index >= 15 is 0 Å². The van der Waals surface area contributed by atoms with Gasteiger partial charge >= 0.3 is 0 Å². The summed E-state index contributed by atoms with van der Waals surface area (Å²) in [7, 11) is 0. The van der Waals surface area contributed by atoms with Crippen molar-refractivity contribution in [1.29, 1.82) is 0 Å². The van der Waals surface area contributed by atoms with Crippen LogP contribution >= 0.6 is 0 Å². The fraction of sp³-hybridized carbons (Fsp3) is 0.200. The molecule has 1 N–H and O–H groups in total. The van der Waals surface area contributed by atoms with Gasteiger partial charge in [-0.05, 0) is 24.1 Å². The van der Waals surface area contributed by atoms with Crippen LogP contribution in [0, 0.1) is 0 Å². The number of benzene rings is 1. The van der Waals surface area contributed by atoms with Crippen LogP contribution in [0.15, 0.2) is 24.5 Å². The number of aromatic nitrogens is 3. The molecule has 1 aromatic carbocycles. The molecule has 0 atom stereocenters. The van der Waals surface area contributed by atoms with E-state index in [0.717, 1.165) is 24.4 Å². The Balaban J connectivity index is 2.28. The van der Waals surface area contributed by atoms with E-state index in [1.54, 1.807) is 18.5 Å². The highest BCUT2D eigenvalue weighted by Gasteiger charge is 2.17. The lowest BCUT2D eigenvalue weighted by Gasteiger charge is -2.16. The molecule has 2 heterocycles. The molecular formula is C10H9N3O. The van der Waals surface area contributed by atoms with E-state index in [1.165, 1.54) is 5.56 Å². The molecule has 4 heteroatoms. The zero-order valence-electron chi connectivity index (χ0n) is 7.51. The van der Waals surface area contributed by atoms with Gasteiger partial charge in [-0.15, -0.1) is 10.2 Å². The molecule has 3 rings (SSSR count). The zero-order chi connectivity index (χ0) is 9.54. The fourth-order valence-corrected chi connectivity index (χ4v) is 1.86. The predicted molar refractivity (Wildman–Crippen MR) is 50.8 cm³/mol. The van der Waals surface area contributed by atoms with Crippen molar-refractivity contribution in [2.75, 3.05) is 0 Å². The average Bonchev–Trinajstić information content (AvgIpc) is 2.65. The molecule has 0 radical (unpaired) electrons. The lowest BCUT2D eigenvalue weighted by atomic mass is 10.0. The van der Waals surface area contributed by atoms with Gasteiger partial charge in [0, 0.05) is 12.1 Å². The van der Waals surface area contributed by atoms with Gasteiger partial charge < -0.3 is 9.67 Å². The zero-order valence-corrected chi connectivity index (χ0v) is 7.51. The summed E-state index contributed by atoms with van der Waals surface area (Å²) in [5.41, 5.74) is 2.22. The van der Waals surface area contributed by atoms with Crippen molar-refractivity contribution >= 4 is 0 Å². The van der Waals surface area contributed by atoms with Gasteiger partial charge in [0.1, 0.15) is 12.1 Å². The number of hydrogen-bond donors (Lipinski definition) is 1. The molecule has 1 aliphatic rings. The monoisotopic (exact) mass is 187 g/mol. The Labute approximate surface area is 80.8 Å². The molecule has 0 spiro atoms. The van der Waals surface area contributed by atoms with Crippen LogP contribution in [-0.4, -0.2) is 19.9 Å². The standard InChI is InChI=1S/C10H9N3O/c14-8-2-1-7-3-4-13-6-11-12-10(13)9(7)5-8/h1-2,5-6,14H,3-4H2. The predicted octanol–water partition coefficient (Wildman–Crippen LogP) is 1.21. The van der Waals surface area contributed by atoms with Crippen molar-refractivity contribution in [2.45, 2.75) is 13.0 Å². The number of aryl methyl sites for hydroxylation is 2. The maximum atomic E-state index is 9.39. The molecule has 1 aliphatic heterocycles. The summed E-state index contributed by atoms with van der Waals surface area (Å²) < 4.78 is 2.00. The molecule has 0 amide bonds. The first kappa shape index (κ1) is 7.55. The molecule has 0 unspecified atom stereocenters. The Bertz CT molecular complexity index is 490. The molecule has 0 fully saturated rings. The van der Waals surface area contributed by atoms with Crippen LogP contribution in [0.4, 0.5) is 0 Å². The third-order valence-electron chi connectivity index (χ3n) is 2.57. The van der Waals surface area contributed by atoms with Crippen molar-refractivity contribution in [3.8, 4) is 17.1 Å². The smallest absolute Gasteiger partial charge is 0.164 e. The number of rotatable bonds is 0. The number of aromatic hydroxyl groups is 1. The second kappa shape index (κ2) is 2.57. The number of phenols is 1. The minimum Gasteiger partial charge on any atom is -0.508 e. The normalized spacial score (nSPS) is 13.4. The molecule has 14 heavy (non-hydrogen) atoms. The second-order valence-corrected chi connectivity index (χ2v) is 3.44. The van der Waals surface area contributed by atoms with E-state index in [4.69, 9.17) is 0 Å². The van der Waals surface area contributed by atoms with Crippen molar-refractivity contribution in [3.63, 3.8) is 0 Å². The Morgan fingerprint density at radius 1 is 1.36 bits per heavy atom. The van der Waals surface area contributed by atoms with Crippen LogP contribution in [0.3, 0.4) is 0 Å². The van der Waals surface area contributed by atoms with Crippen LogP contribution in [-0.2, 0) is 13.0 Å².